The molecule has 4 rings (SSSR count). The fourth-order valence-corrected chi connectivity index (χ4v) is 4.32. The van der Waals surface area contributed by atoms with E-state index in [1.165, 1.54) is 18.2 Å². The van der Waals surface area contributed by atoms with Gasteiger partial charge in [-0.05, 0) is 62.4 Å². The summed E-state index contributed by atoms with van der Waals surface area (Å²) in [6, 6.07) is 11.0. The molecule has 1 atom stereocenters. The number of halogens is 1. The van der Waals surface area contributed by atoms with Gasteiger partial charge in [0.15, 0.2) is 5.43 Å². The Kier molecular flexibility index (Phi) is 6.16. The lowest BCUT2D eigenvalue weighted by molar-refractivity contribution is 0.0593. The number of amides is 1. The first-order valence-electron chi connectivity index (χ1n) is 10.2. The summed E-state index contributed by atoms with van der Waals surface area (Å²) in [6.45, 7) is 4.83. The van der Waals surface area contributed by atoms with Crippen LogP contribution in [0, 0.1) is 5.82 Å². The third-order valence-electron chi connectivity index (χ3n) is 5.35. The summed E-state index contributed by atoms with van der Waals surface area (Å²) in [7, 11) is 0. The molecule has 0 N–H and O–H groups in total. The van der Waals surface area contributed by atoms with Gasteiger partial charge in [0.1, 0.15) is 11.4 Å². The van der Waals surface area contributed by atoms with Gasteiger partial charge in [0.05, 0.1) is 23.1 Å². The van der Waals surface area contributed by atoms with Crippen LogP contribution in [0.4, 0.5) is 4.39 Å². The maximum atomic E-state index is 13.8. The molecule has 1 amide bonds. The Labute approximate surface area is 184 Å². The topological polar surface area (TPSA) is 59.8 Å². The van der Waals surface area contributed by atoms with E-state index in [9.17, 15) is 14.0 Å². The molecule has 1 unspecified atom stereocenters. The summed E-state index contributed by atoms with van der Waals surface area (Å²) in [4.78, 5) is 29.4. The van der Waals surface area contributed by atoms with Crippen molar-refractivity contribution in [3.63, 3.8) is 0 Å². The number of thioether (sulfide) groups is 1. The molecule has 31 heavy (non-hydrogen) atoms. The van der Waals surface area contributed by atoms with Crippen LogP contribution in [0.1, 0.15) is 48.0 Å². The third-order valence-corrected chi connectivity index (χ3v) is 6.10. The first-order chi connectivity index (χ1) is 14.9. The van der Waals surface area contributed by atoms with Crippen molar-refractivity contribution in [2.24, 2.45) is 0 Å². The number of benzene rings is 2. The summed E-state index contributed by atoms with van der Waals surface area (Å²) in [5, 5.41) is 0.141. The molecule has 0 saturated heterocycles. The van der Waals surface area contributed by atoms with Gasteiger partial charge in [0.25, 0.3) is 5.91 Å². The van der Waals surface area contributed by atoms with Crippen LogP contribution in [0.5, 0.6) is 0 Å². The minimum atomic E-state index is -0.582. The number of hydrogen-bond acceptors (Lipinski definition) is 5. The van der Waals surface area contributed by atoms with Gasteiger partial charge in [-0.25, -0.2) is 4.39 Å². The Morgan fingerprint density at radius 1 is 1.16 bits per heavy atom. The van der Waals surface area contributed by atoms with Crippen molar-refractivity contribution in [3.8, 4) is 0 Å². The quantitative estimate of drug-likeness (QED) is 0.381. The van der Waals surface area contributed by atoms with Crippen molar-refractivity contribution in [2.75, 3.05) is 19.4 Å². The van der Waals surface area contributed by atoms with Crippen molar-refractivity contribution in [1.82, 2.24) is 4.90 Å². The smallest absolute Gasteiger partial charge is 0.290 e. The largest absolute Gasteiger partial charge is 0.450 e. The van der Waals surface area contributed by atoms with E-state index in [-0.39, 0.29) is 39.7 Å². The summed E-state index contributed by atoms with van der Waals surface area (Å²) < 4.78 is 25.3. The molecule has 5 nitrogen and oxygen atoms in total. The van der Waals surface area contributed by atoms with Gasteiger partial charge in [-0.2, -0.15) is 0 Å². The Hall–Kier alpha value is -2.64. The predicted octanol–water partition coefficient (Wildman–Crippen LogP) is 5.01. The molecule has 2 heterocycles. The second-order valence-corrected chi connectivity index (χ2v) is 8.64. The molecule has 7 heteroatoms. The van der Waals surface area contributed by atoms with Crippen LogP contribution < -0.4 is 5.43 Å². The second-order valence-electron chi connectivity index (χ2n) is 7.76. The molecule has 1 aliphatic rings. The van der Waals surface area contributed by atoms with Crippen LogP contribution in [-0.2, 0) is 4.74 Å². The van der Waals surface area contributed by atoms with Gasteiger partial charge in [0.2, 0.25) is 5.76 Å². The number of ether oxygens (including phenoxy) is 1. The molecule has 2 aromatic carbocycles. The fraction of sp³-hybridized carbons (Fsp3) is 0.333. The molecule has 162 valence electrons. The molecule has 3 aromatic rings. The first-order valence-corrected chi connectivity index (χ1v) is 11.5. The number of fused-ring (bicyclic) bond motifs is 2. The monoisotopic (exact) mass is 441 g/mol. The lowest BCUT2D eigenvalue weighted by Gasteiger charge is -2.25. The van der Waals surface area contributed by atoms with Gasteiger partial charge in [-0.15, -0.1) is 11.8 Å². The van der Waals surface area contributed by atoms with Crippen molar-refractivity contribution in [2.45, 2.75) is 37.3 Å². The maximum Gasteiger partial charge on any atom is 0.290 e. The molecular weight excluding hydrogens is 417 g/mol. The van der Waals surface area contributed by atoms with E-state index in [4.69, 9.17) is 9.15 Å². The Bertz CT molecular complexity index is 1170. The molecule has 0 fully saturated rings. The third kappa shape index (κ3) is 4.12. The fourth-order valence-electron chi connectivity index (χ4n) is 3.91. The molecule has 1 aromatic heterocycles. The van der Waals surface area contributed by atoms with E-state index in [2.05, 4.69) is 0 Å². The van der Waals surface area contributed by atoms with Crippen molar-refractivity contribution >= 4 is 28.6 Å². The van der Waals surface area contributed by atoms with Crippen LogP contribution in [0.2, 0.25) is 0 Å². The molecule has 0 saturated carbocycles. The van der Waals surface area contributed by atoms with E-state index in [1.54, 1.807) is 16.7 Å². The highest BCUT2D eigenvalue weighted by Gasteiger charge is 2.42. The Morgan fingerprint density at radius 3 is 2.58 bits per heavy atom. The van der Waals surface area contributed by atoms with E-state index in [0.29, 0.717) is 19.6 Å². The standard InChI is InChI=1S/C24H24FNO4S/c1-14(2)29-12-4-11-26-21(15-5-8-17(31-3)9-6-15)20-22(27)18-13-16(25)7-10-19(18)30-23(20)24(26)28/h5-10,13-14,21H,4,11-12H2,1-3H3. The van der Waals surface area contributed by atoms with Gasteiger partial charge in [-0.1, -0.05) is 12.1 Å². The average Bonchev–Trinajstić information content (AvgIpc) is 3.04. The molecule has 1 aliphatic heterocycles. The van der Waals surface area contributed by atoms with Crippen LogP contribution in [0.3, 0.4) is 0 Å². The predicted molar refractivity (Wildman–Crippen MR) is 119 cm³/mol. The average molecular weight is 442 g/mol. The Balaban J connectivity index is 1.81. The van der Waals surface area contributed by atoms with Crippen molar-refractivity contribution < 1.29 is 18.3 Å². The number of nitrogens with zero attached hydrogens (tertiary/aromatic N) is 1. The van der Waals surface area contributed by atoms with E-state index >= 15 is 0 Å². The molecular formula is C24H24FNO4S. The normalized spacial score (nSPS) is 15.8. The summed E-state index contributed by atoms with van der Waals surface area (Å²) in [5.74, 6) is -0.817. The molecule has 0 spiro atoms. The van der Waals surface area contributed by atoms with Gasteiger partial charge in [-0.3, -0.25) is 9.59 Å². The number of carbonyl (C=O) groups is 1. The number of rotatable bonds is 7. The maximum absolute atomic E-state index is 13.8. The summed E-state index contributed by atoms with van der Waals surface area (Å²) in [5.41, 5.74) is 0.923. The zero-order chi connectivity index (χ0) is 22.1. The minimum Gasteiger partial charge on any atom is -0.450 e. The van der Waals surface area contributed by atoms with Gasteiger partial charge < -0.3 is 14.1 Å². The minimum absolute atomic E-state index is 0.0350. The van der Waals surface area contributed by atoms with Crippen molar-refractivity contribution in [1.29, 1.82) is 0 Å². The molecule has 0 bridgehead atoms. The van der Waals surface area contributed by atoms with Gasteiger partial charge >= 0.3 is 0 Å². The Morgan fingerprint density at radius 2 is 1.90 bits per heavy atom. The number of hydrogen-bond donors (Lipinski definition) is 0. The zero-order valence-electron chi connectivity index (χ0n) is 17.7. The van der Waals surface area contributed by atoms with E-state index < -0.39 is 11.9 Å². The number of carbonyl (C=O) groups excluding carboxylic acids is 1. The van der Waals surface area contributed by atoms with Crippen molar-refractivity contribution in [3.05, 3.63) is 75.4 Å². The van der Waals surface area contributed by atoms with Crippen LogP contribution in [-0.4, -0.2) is 36.3 Å². The highest BCUT2D eigenvalue weighted by molar-refractivity contribution is 7.98. The lowest BCUT2D eigenvalue weighted by atomic mass is 9.98. The highest BCUT2D eigenvalue weighted by atomic mass is 32.2. The highest BCUT2D eigenvalue weighted by Crippen LogP contribution is 2.38. The van der Waals surface area contributed by atoms with Crippen LogP contribution in [0.25, 0.3) is 11.0 Å². The summed E-state index contributed by atoms with van der Waals surface area (Å²) in [6.07, 6.45) is 2.71. The SMILES string of the molecule is CSc1ccc(C2c3c(oc4ccc(F)cc4c3=O)C(=O)N2CCCOC(C)C)cc1. The molecule has 0 aliphatic carbocycles. The van der Waals surface area contributed by atoms with E-state index in [0.717, 1.165) is 10.5 Å². The zero-order valence-corrected chi connectivity index (χ0v) is 18.5. The van der Waals surface area contributed by atoms with Crippen LogP contribution >= 0.6 is 11.8 Å². The molecule has 0 radical (unpaired) electrons. The van der Waals surface area contributed by atoms with E-state index in [1.807, 2.05) is 44.4 Å². The van der Waals surface area contributed by atoms with Gasteiger partial charge in [0, 0.05) is 18.0 Å². The lowest BCUT2D eigenvalue weighted by Crippen LogP contribution is -2.31. The second kappa shape index (κ2) is 8.85. The summed E-state index contributed by atoms with van der Waals surface area (Å²) >= 11 is 1.61. The van der Waals surface area contributed by atoms with Crippen LogP contribution in [0.15, 0.2) is 56.6 Å². The first kappa shape index (κ1) is 21.6.